The highest BCUT2D eigenvalue weighted by Crippen LogP contribution is 2.33. The molecule has 116 valence electrons. The molecule has 0 radical (unpaired) electrons. The van der Waals surface area contributed by atoms with E-state index >= 15 is 0 Å². The normalized spacial score (nSPS) is 16.5. The molecule has 1 N–H and O–H groups in total. The van der Waals surface area contributed by atoms with Crippen LogP contribution >= 0.6 is 11.8 Å². The third kappa shape index (κ3) is 3.36. The Morgan fingerprint density at radius 2 is 2.32 bits per heavy atom. The lowest BCUT2D eigenvalue weighted by Crippen LogP contribution is -2.37. The molecule has 1 aliphatic heterocycles. The largest absolute Gasteiger partial charge is 0.473 e. The quantitative estimate of drug-likeness (QED) is 0.876. The van der Waals surface area contributed by atoms with Crippen molar-refractivity contribution in [3.8, 4) is 5.88 Å². The van der Waals surface area contributed by atoms with Crippen LogP contribution in [0.5, 0.6) is 5.88 Å². The van der Waals surface area contributed by atoms with Crippen LogP contribution in [0.1, 0.15) is 5.56 Å². The third-order valence-electron chi connectivity index (χ3n) is 3.26. The molecule has 0 saturated heterocycles. The lowest BCUT2D eigenvalue weighted by molar-refractivity contribution is 0.0301. The average molecular weight is 319 g/mol. The molecule has 1 aliphatic rings. The smallest absolute Gasteiger partial charge is 0.407 e. The summed E-state index contributed by atoms with van der Waals surface area (Å²) in [6.45, 7) is 0.854. The minimum Gasteiger partial charge on any atom is -0.473 e. The van der Waals surface area contributed by atoms with Gasteiger partial charge < -0.3 is 14.8 Å². The summed E-state index contributed by atoms with van der Waals surface area (Å²) in [4.78, 5) is 12.2. The van der Waals surface area contributed by atoms with Crippen LogP contribution in [0.4, 0.5) is 4.79 Å². The van der Waals surface area contributed by atoms with Gasteiger partial charge >= 0.3 is 6.09 Å². The minimum absolute atomic E-state index is 0.320. The zero-order chi connectivity index (χ0) is 15.4. The van der Waals surface area contributed by atoms with E-state index in [0.29, 0.717) is 13.2 Å². The summed E-state index contributed by atoms with van der Waals surface area (Å²) >= 11 is 1.69. The molecule has 22 heavy (non-hydrogen) atoms. The predicted molar refractivity (Wildman–Crippen MR) is 83.1 cm³/mol. The first-order valence-electron chi connectivity index (χ1n) is 7.00. The molecular formula is C15H17N3O3S. The van der Waals surface area contributed by atoms with Crippen molar-refractivity contribution in [2.24, 2.45) is 0 Å². The van der Waals surface area contributed by atoms with Gasteiger partial charge in [-0.05, 0) is 5.56 Å². The van der Waals surface area contributed by atoms with E-state index < -0.39 is 6.09 Å². The zero-order valence-corrected chi connectivity index (χ0v) is 13.0. The number of hydrogen-bond donors (Lipinski definition) is 1. The predicted octanol–water partition coefficient (Wildman–Crippen LogP) is 2.29. The fourth-order valence-corrected chi connectivity index (χ4v) is 3.09. The van der Waals surface area contributed by atoms with Gasteiger partial charge in [-0.1, -0.05) is 30.3 Å². The van der Waals surface area contributed by atoms with Crippen LogP contribution in [0.3, 0.4) is 0 Å². The molecule has 1 amide bonds. The van der Waals surface area contributed by atoms with Crippen molar-refractivity contribution in [1.29, 1.82) is 0 Å². The van der Waals surface area contributed by atoms with Crippen molar-refractivity contribution >= 4 is 17.9 Å². The lowest BCUT2D eigenvalue weighted by atomic mass is 10.2. The fraction of sp³-hybridized carbons (Fsp3) is 0.333. The summed E-state index contributed by atoms with van der Waals surface area (Å²) in [5, 5.41) is 6.74. The number of amides is 1. The van der Waals surface area contributed by atoms with E-state index in [1.165, 1.54) is 12.6 Å². The first kappa shape index (κ1) is 14.8. The van der Waals surface area contributed by atoms with Gasteiger partial charge in [0.15, 0.2) is 6.10 Å². The number of benzene rings is 1. The highest BCUT2D eigenvalue weighted by Gasteiger charge is 2.25. The molecule has 0 bridgehead atoms. The number of hydrogen-bond acceptors (Lipinski definition) is 5. The minimum atomic E-state index is -0.456. The van der Waals surface area contributed by atoms with Crippen molar-refractivity contribution < 1.29 is 14.3 Å². The Balaban J connectivity index is 1.62. The molecule has 0 saturated carbocycles. The Morgan fingerprint density at radius 1 is 1.50 bits per heavy atom. The van der Waals surface area contributed by atoms with E-state index in [-0.39, 0.29) is 6.10 Å². The van der Waals surface area contributed by atoms with Crippen LogP contribution < -0.4 is 10.1 Å². The van der Waals surface area contributed by atoms with Crippen LogP contribution in [0.25, 0.3) is 0 Å². The van der Waals surface area contributed by atoms with Gasteiger partial charge in [-0.15, -0.1) is 11.8 Å². The van der Waals surface area contributed by atoms with Crippen molar-refractivity contribution in [2.45, 2.75) is 23.3 Å². The maximum absolute atomic E-state index is 11.2. The van der Waals surface area contributed by atoms with E-state index in [1.54, 1.807) is 22.6 Å². The van der Waals surface area contributed by atoms with Crippen LogP contribution in [-0.2, 0) is 17.0 Å². The molecule has 1 unspecified atom stereocenters. The van der Waals surface area contributed by atoms with Gasteiger partial charge in [-0.2, -0.15) is 5.10 Å². The maximum Gasteiger partial charge on any atom is 0.407 e. The van der Waals surface area contributed by atoms with E-state index in [1.807, 2.05) is 18.2 Å². The molecule has 1 atom stereocenters. The number of fused-ring (bicyclic) bond motifs is 1. The molecule has 0 spiro atoms. The second kappa shape index (κ2) is 6.74. The molecule has 2 heterocycles. The standard InChI is InChI=1S/C15H17N3O3S/c1-16-15(19)21-12-8-18-14(20-9-12)13(7-17-18)22-10-11-5-3-2-4-6-11/h2-7,12H,8-10H2,1H3,(H,16,19). The Labute approximate surface area is 132 Å². The summed E-state index contributed by atoms with van der Waals surface area (Å²) < 4.78 is 12.6. The number of rotatable bonds is 4. The van der Waals surface area contributed by atoms with Gasteiger partial charge in [0.25, 0.3) is 0 Å². The molecule has 1 aromatic heterocycles. The Morgan fingerprint density at radius 3 is 3.09 bits per heavy atom. The van der Waals surface area contributed by atoms with Gasteiger partial charge in [-0.3, -0.25) is 0 Å². The summed E-state index contributed by atoms with van der Waals surface area (Å²) in [7, 11) is 1.53. The van der Waals surface area contributed by atoms with Gasteiger partial charge in [0.2, 0.25) is 5.88 Å². The van der Waals surface area contributed by atoms with Gasteiger partial charge in [0.05, 0.1) is 17.6 Å². The van der Waals surface area contributed by atoms with Gasteiger partial charge in [0.1, 0.15) is 6.61 Å². The highest BCUT2D eigenvalue weighted by atomic mass is 32.2. The van der Waals surface area contributed by atoms with Crippen molar-refractivity contribution in [1.82, 2.24) is 15.1 Å². The lowest BCUT2D eigenvalue weighted by Gasteiger charge is -2.24. The first-order chi connectivity index (χ1) is 10.8. The summed E-state index contributed by atoms with van der Waals surface area (Å²) in [5.41, 5.74) is 1.25. The van der Waals surface area contributed by atoms with Crippen LogP contribution in [0, 0.1) is 0 Å². The van der Waals surface area contributed by atoms with E-state index in [4.69, 9.17) is 9.47 Å². The average Bonchev–Trinajstić information content (AvgIpc) is 2.96. The second-order valence-corrected chi connectivity index (χ2v) is 5.88. The van der Waals surface area contributed by atoms with Crippen LogP contribution in [-0.4, -0.2) is 35.6 Å². The second-order valence-electron chi connectivity index (χ2n) is 4.86. The molecule has 2 aromatic rings. The Bertz CT molecular complexity index is 645. The Kier molecular flexibility index (Phi) is 4.53. The third-order valence-corrected chi connectivity index (χ3v) is 4.33. The Hall–Kier alpha value is -2.15. The number of nitrogens with one attached hydrogen (secondary N) is 1. The number of alkyl carbamates (subject to hydrolysis) is 1. The zero-order valence-electron chi connectivity index (χ0n) is 12.2. The fourth-order valence-electron chi connectivity index (χ4n) is 2.17. The summed E-state index contributed by atoms with van der Waals surface area (Å²) in [5.74, 6) is 1.61. The van der Waals surface area contributed by atoms with Crippen LogP contribution in [0.2, 0.25) is 0 Å². The number of carbonyl (C=O) groups excluding carboxylic acids is 1. The molecule has 7 heteroatoms. The molecule has 3 rings (SSSR count). The highest BCUT2D eigenvalue weighted by molar-refractivity contribution is 7.98. The monoisotopic (exact) mass is 319 g/mol. The first-order valence-corrected chi connectivity index (χ1v) is 7.98. The topological polar surface area (TPSA) is 65.4 Å². The SMILES string of the molecule is CNC(=O)OC1COc2c(SCc3ccccc3)cnn2C1. The van der Waals surface area contributed by atoms with Crippen molar-refractivity contribution in [2.75, 3.05) is 13.7 Å². The summed E-state index contributed by atoms with van der Waals surface area (Å²) in [6.07, 6.45) is 1.02. The summed E-state index contributed by atoms with van der Waals surface area (Å²) in [6, 6.07) is 10.3. The number of nitrogens with zero attached hydrogens (tertiary/aromatic N) is 2. The van der Waals surface area contributed by atoms with Crippen molar-refractivity contribution in [3.05, 3.63) is 42.1 Å². The van der Waals surface area contributed by atoms with E-state index in [2.05, 4.69) is 22.5 Å². The number of carbonyl (C=O) groups is 1. The number of thioether (sulfide) groups is 1. The maximum atomic E-state index is 11.2. The number of aromatic nitrogens is 2. The van der Waals surface area contributed by atoms with Gasteiger partial charge in [-0.25, -0.2) is 9.48 Å². The van der Waals surface area contributed by atoms with Crippen LogP contribution in [0.15, 0.2) is 41.4 Å². The molecule has 6 nitrogen and oxygen atoms in total. The van der Waals surface area contributed by atoms with E-state index in [0.717, 1.165) is 16.5 Å². The molecule has 0 aliphatic carbocycles. The molecular weight excluding hydrogens is 302 g/mol. The van der Waals surface area contributed by atoms with E-state index in [9.17, 15) is 4.79 Å². The van der Waals surface area contributed by atoms with Gasteiger partial charge in [0, 0.05) is 12.8 Å². The van der Waals surface area contributed by atoms with Crippen molar-refractivity contribution in [3.63, 3.8) is 0 Å². The molecule has 0 fully saturated rings. The number of ether oxygens (including phenoxy) is 2. The molecule has 1 aromatic carbocycles.